The molecule has 1 amide bonds. The van der Waals surface area contributed by atoms with E-state index in [1.54, 1.807) is 17.2 Å². The molecule has 11 heteroatoms. The van der Waals surface area contributed by atoms with E-state index in [0.717, 1.165) is 12.5 Å². The number of alkyl halides is 3. The molecule has 0 unspecified atom stereocenters. The van der Waals surface area contributed by atoms with Gasteiger partial charge in [0, 0.05) is 37.9 Å². The van der Waals surface area contributed by atoms with Crippen molar-refractivity contribution in [1.82, 2.24) is 24.5 Å². The minimum absolute atomic E-state index is 0.213. The van der Waals surface area contributed by atoms with Crippen molar-refractivity contribution in [2.24, 2.45) is 0 Å². The summed E-state index contributed by atoms with van der Waals surface area (Å²) in [6.45, 7) is 3.78. The third-order valence-corrected chi connectivity index (χ3v) is 4.84. The lowest BCUT2D eigenvalue weighted by molar-refractivity contribution is -0.137. The second-order valence-electron chi connectivity index (χ2n) is 6.78. The van der Waals surface area contributed by atoms with E-state index >= 15 is 0 Å². The molecule has 1 N–H and O–H groups in total. The number of carbonyl (C=O) groups excluding carboxylic acids is 1. The Labute approximate surface area is 163 Å². The molecule has 1 fully saturated rings. The maximum Gasteiger partial charge on any atom is 0.416 e. The zero-order chi connectivity index (χ0) is 20.8. The van der Waals surface area contributed by atoms with Gasteiger partial charge in [-0.15, -0.1) is 5.10 Å². The van der Waals surface area contributed by atoms with Crippen LogP contribution in [0.4, 0.5) is 19.1 Å². The number of fused-ring (bicyclic) bond motifs is 1. The fourth-order valence-electron chi connectivity index (χ4n) is 3.33. The summed E-state index contributed by atoms with van der Waals surface area (Å²) >= 11 is 0. The fourth-order valence-corrected chi connectivity index (χ4v) is 3.33. The molecule has 0 saturated carbocycles. The Hall–Kier alpha value is -3.37. The van der Waals surface area contributed by atoms with Crippen molar-refractivity contribution in [3.8, 4) is 17.0 Å². The molecule has 4 rings (SSSR count). The highest BCUT2D eigenvalue weighted by atomic mass is 19.4. The highest BCUT2D eigenvalue weighted by Gasteiger charge is 2.32. The van der Waals surface area contributed by atoms with Crippen LogP contribution in [0.2, 0.25) is 0 Å². The van der Waals surface area contributed by atoms with Gasteiger partial charge in [0.1, 0.15) is 5.75 Å². The Kier molecular flexibility index (Phi) is 4.52. The van der Waals surface area contributed by atoms with Crippen molar-refractivity contribution in [2.75, 3.05) is 31.1 Å². The number of anilines is 1. The van der Waals surface area contributed by atoms with E-state index in [9.17, 15) is 23.1 Å². The van der Waals surface area contributed by atoms with Gasteiger partial charge in [-0.2, -0.15) is 18.2 Å². The molecule has 3 heterocycles. The standard InChI is InChI=1S/C18H17F3N6O2/c1-11-8-12(18(19,20)21)9-14(29)15(11)13-2-3-27-16(22-13)23-17(24-27)26-6-4-25(10-28)5-7-26/h2-3,8-10,29H,4-7H2,1H3. The van der Waals surface area contributed by atoms with E-state index in [0.29, 0.717) is 43.9 Å². The predicted molar refractivity (Wildman–Crippen MR) is 97.5 cm³/mol. The first-order valence-corrected chi connectivity index (χ1v) is 8.85. The molecule has 3 aromatic rings. The van der Waals surface area contributed by atoms with Crippen molar-refractivity contribution in [3.63, 3.8) is 0 Å². The van der Waals surface area contributed by atoms with Gasteiger partial charge in [-0.25, -0.2) is 9.50 Å². The van der Waals surface area contributed by atoms with Crippen LogP contribution in [-0.4, -0.2) is 62.2 Å². The smallest absolute Gasteiger partial charge is 0.416 e. The molecule has 1 aromatic carbocycles. The highest BCUT2D eigenvalue weighted by molar-refractivity contribution is 5.72. The first kappa shape index (κ1) is 19.0. The largest absolute Gasteiger partial charge is 0.507 e. The molecule has 0 bridgehead atoms. The van der Waals surface area contributed by atoms with Gasteiger partial charge < -0.3 is 14.9 Å². The molecule has 152 valence electrons. The van der Waals surface area contributed by atoms with Crippen molar-refractivity contribution in [2.45, 2.75) is 13.1 Å². The first-order valence-electron chi connectivity index (χ1n) is 8.85. The number of aryl methyl sites for hydroxylation is 1. The van der Waals surface area contributed by atoms with E-state index in [4.69, 9.17) is 0 Å². The van der Waals surface area contributed by atoms with Crippen molar-refractivity contribution in [1.29, 1.82) is 0 Å². The van der Waals surface area contributed by atoms with Gasteiger partial charge in [-0.05, 0) is 30.7 Å². The van der Waals surface area contributed by atoms with Crippen molar-refractivity contribution < 1.29 is 23.1 Å². The Bertz CT molecular complexity index is 1050. The van der Waals surface area contributed by atoms with Crippen LogP contribution in [0.15, 0.2) is 24.4 Å². The lowest BCUT2D eigenvalue weighted by atomic mass is 10.0. The number of hydrogen-bond donors (Lipinski definition) is 1. The van der Waals surface area contributed by atoms with Crippen LogP contribution in [0.25, 0.3) is 17.0 Å². The van der Waals surface area contributed by atoms with Crippen LogP contribution in [0.1, 0.15) is 11.1 Å². The van der Waals surface area contributed by atoms with E-state index < -0.39 is 17.5 Å². The number of aromatic hydroxyl groups is 1. The Morgan fingerprint density at radius 2 is 1.86 bits per heavy atom. The van der Waals surface area contributed by atoms with Crippen molar-refractivity contribution in [3.05, 3.63) is 35.5 Å². The molecule has 0 radical (unpaired) electrons. The zero-order valence-electron chi connectivity index (χ0n) is 15.4. The summed E-state index contributed by atoms with van der Waals surface area (Å²) in [4.78, 5) is 23.2. The molecule has 1 aliphatic heterocycles. The van der Waals surface area contributed by atoms with Crippen LogP contribution in [-0.2, 0) is 11.0 Å². The van der Waals surface area contributed by atoms with Gasteiger partial charge in [-0.3, -0.25) is 4.79 Å². The average Bonchev–Trinajstić information content (AvgIpc) is 3.10. The fraction of sp³-hybridized carbons (Fsp3) is 0.333. The highest BCUT2D eigenvalue weighted by Crippen LogP contribution is 2.38. The van der Waals surface area contributed by atoms with Gasteiger partial charge in [0.05, 0.1) is 11.3 Å². The maximum atomic E-state index is 12.9. The number of carbonyl (C=O) groups is 1. The monoisotopic (exact) mass is 406 g/mol. The molecule has 8 nitrogen and oxygen atoms in total. The van der Waals surface area contributed by atoms with Gasteiger partial charge in [0.15, 0.2) is 0 Å². The summed E-state index contributed by atoms with van der Waals surface area (Å²) < 4.78 is 40.3. The van der Waals surface area contributed by atoms with Gasteiger partial charge in [-0.1, -0.05) is 0 Å². The summed E-state index contributed by atoms with van der Waals surface area (Å²) in [5, 5.41) is 14.6. The number of phenolic OH excluding ortho intramolecular Hbond substituents is 1. The summed E-state index contributed by atoms with van der Waals surface area (Å²) in [6.07, 6.45) is -2.15. The summed E-state index contributed by atoms with van der Waals surface area (Å²) in [7, 11) is 0. The summed E-state index contributed by atoms with van der Waals surface area (Å²) in [6, 6.07) is 3.23. The molecule has 1 aliphatic rings. The third kappa shape index (κ3) is 3.55. The molecule has 2 aromatic heterocycles. The molecule has 0 atom stereocenters. The Morgan fingerprint density at radius 3 is 2.48 bits per heavy atom. The SMILES string of the molecule is Cc1cc(C(F)(F)F)cc(O)c1-c1ccn2nc(N3CCN(C=O)CC3)nc2n1. The topological polar surface area (TPSA) is 86.9 Å². The van der Waals surface area contributed by atoms with Crippen molar-refractivity contribution >= 4 is 18.1 Å². The van der Waals surface area contributed by atoms with Gasteiger partial charge in [0.2, 0.25) is 12.4 Å². The van der Waals surface area contributed by atoms with Gasteiger partial charge >= 0.3 is 6.18 Å². The van der Waals surface area contributed by atoms with Crippen LogP contribution >= 0.6 is 0 Å². The number of rotatable bonds is 3. The van der Waals surface area contributed by atoms with Crippen LogP contribution in [0.5, 0.6) is 5.75 Å². The van der Waals surface area contributed by atoms with Crippen LogP contribution in [0.3, 0.4) is 0 Å². The molecule has 0 spiro atoms. The number of halogens is 3. The quantitative estimate of drug-likeness (QED) is 0.671. The zero-order valence-corrected chi connectivity index (χ0v) is 15.4. The normalized spacial score (nSPS) is 15.2. The van der Waals surface area contributed by atoms with Gasteiger partial charge in [0.25, 0.3) is 5.78 Å². The summed E-state index contributed by atoms with van der Waals surface area (Å²) in [5.41, 5.74) is -0.161. The van der Waals surface area contributed by atoms with E-state index in [1.807, 2.05) is 4.90 Å². The van der Waals surface area contributed by atoms with E-state index in [-0.39, 0.29) is 16.9 Å². The number of benzene rings is 1. The maximum absolute atomic E-state index is 12.9. The second kappa shape index (κ2) is 6.90. The lowest BCUT2D eigenvalue weighted by Crippen LogP contribution is -2.46. The number of hydrogen-bond acceptors (Lipinski definition) is 6. The van der Waals surface area contributed by atoms with E-state index in [2.05, 4.69) is 15.1 Å². The molecular formula is C18H17F3N6O2. The number of piperazine rings is 1. The average molecular weight is 406 g/mol. The van der Waals surface area contributed by atoms with Crippen LogP contribution < -0.4 is 4.90 Å². The van der Waals surface area contributed by atoms with E-state index in [1.165, 1.54) is 11.4 Å². The number of phenols is 1. The number of nitrogens with zero attached hydrogens (tertiary/aromatic N) is 6. The lowest BCUT2D eigenvalue weighted by Gasteiger charge is -2.31. The minimum Gasteiger partial charge on any atom is -0.507 e. The molecular weight excluding hydrogens is 389 g/mol. The minimum atomic E-state index is -4.55. The molecule has 29 heavy (non-hydrogen) atoms. The van der Waals surface area contributed by atoms with Crippen LogP contribution in [0, 0.1) is 6.92 Å². The summed E-state index contributed by atoms with van der Waals surface area (Å²) in [5.74, 6) is 0.210. The molecule has 1 saturated heterocycles. The number of amides is 1. The third-order valence-electron chi connectivity index (χ3n) is 4.84. The molecule has 0 aliphatic carbocycles. The predicted octanol–water partition coefficient (Wildman–Crippen LogP) is 2.10. The second-order valence-corrected chi connectivity index (χ2v) is 6.78. The Balaban J connectivity index is 1.67. The number of aromatic nitrogens is 4. The Morgan fingerprint density at radius 1 is 1.14 bits per heavy atom. The first-order chi connectivity index (χ1) is 13.8.